The van der Waals surface area contributed by atoms with Gasteiger partial charge < -0.3 is 11.1 Å². The average molecular weight is 267 g/mol. The Morgan fingerprint density at radius 2 is 1.89 bits per heavy atom. The van der Waals surface area contributed by atoms with Crippen LogP contribution in [0.15, 0.2) is 30.6 Å². The van der Waals surface area contributed by atoms with Crippen LogP contribution in [0, 0.1) is 17.5 Å². The first kappa shape index (κ1) is 12.9. The Morgan fingerprint density at radius 3 is 2.58 bits per heavy atom. The van der Waals surface area contributed by atoms with Crippen molar-refractivity contribution in [1.29, 1.82) is 0 Å². The van der Waals surface area contributed by atoms with Crippen LogP contribution < -0.4 is 11.1 Å². The van der Waals surface area contributed by atoms with E-state index in [4.69, 9.17) is 5.73 Å². The predicted molar refractivity (Wildman–Crippen MR) is 62.9 cm³/mol. The Labute approximate surface area is 106 Å². The van der Waals surface area contributed by atoms with Crippen molar-refractivity contribution in [3.05, 3.63) is 53.6 Å². The lowest BCUT2D eigenvalue weighted by Crippen LogP contribution is -2.15. The number of hydrogen-bond acceptors (Lipinski definition) is 3. The molecule has 2 rings (SSSR count). The highest BCUT2D eigenvalue weighted by Gasteiger charge is 2.15. The lowest BCUT2D eigenvalue weighted by Gasteiger charge is -2.08. The molecule has 98 valence electrons. The molecule has 0 fully saturated rings. The number of nitrogens with two attached hydrogens (primary N) is 1. The molecule has 3 N–H and O–H groups in total. The number of nitrogens with zero attached hydrogens (tertiary/aromatic N) is 1. The van der Waals surface area contributed by atoms with Gasteiger partial charge in [-0.3, -0.25) is 9.78 Å². The molecule has 0 saturated carbocycles. The Balaban J connectivity index is 2.30. The number of carbonyl (C=O) groups excluding carboxylic acids is 1. The first-order valence-corrected chi connectivity index (χ1v) is 5.14. The van der Waals surface area contributed by atoms with E-state index in [9.17, 15) is 18.0 Å². The summed E-state index contributed by atoms with van der Waals surface area (Å²) in [6, 6.07) is 2.59. The monoisotopic (exact) mass is 267 g/mol. The Bertz CT molecular complexity index is 646. The molecule has 7 heteroatoms. The van der Waals surface area contributed by atoms with E-state index in [1.54, 1.807) is 0 Å². The highest BCUT2D eigenvalue weighted by atomic mass is 19.1. The van der Waals surface area contributed by atoms with Crippen LogP contribution in [-0.2, 0) is 0 Å². The van der Waals surface area contributed by atoms with Gasteiger partial charge in [-0.05, 0) is 12.1 Å². The molecule has 0 saturated heterocycles. The Hall–Kier alpha value is -2.57. The SMILES string of the molecule is Nc1cc(NC(=O)c2ccncc2F)c(F)cc1F. The van der Waals surface area contributed by atoms with Crippen LogP contribution in [-0.4, -0.2) is 10.9 Å². The molecule has 0 aliphatic carbocycles. The summed E-state index contributed by atoms with van der Waals surface area (Å²) in [6.45, 7) is 0. The van der Waals surface area contributed by atoms with Gasteiger partial charge in [0.2, 0.25) is 0 Å². The van der Waals surface area contributed by atoms with Gasteiger partial charge in [0.05, 0.1) is 23.1 Å². The Morgan fingerprint density at radius 1 is 1.16 bits per heavy atom. The lowest BCUT2D eigenvalue weighted by atomic mass is 10.2. The number of nitrogens with one attached hydrogen (secondary N) is 1. The van der Waals surface area contributed by atoms with Gasteiger partial charge in [-0.2, -0.15) is 0 Å². The molecule has 0 atom stereocenters. The van der Waals surface area contributed by atoms with Crippen molar-refractivity contribution in [3.63, 3.8) is 0 Å². The minimum Gasteiger partial charge on any atom is -0.396 e. The van der Waals surface area contributed by atoms with Gasteiger partial charge in [0.15, 0.2) is 5.82 Å². The number of halogens is 3. The molecule has 1 heterocycles. The number of pyridine rings is 1. The lowest BCUT2D eigenvalue weighted by molar-refractivity contribution is 0.102. The topological polar surface area (TPSA) is 68.0 Å². The maximum atomic E-state index is 13.4. The second-order valence-electron chi connectivity index (χ2n) is 3.66. The second kappa shape index (κ2) is 4.97. The van der Waals surface area contributed by atoms with Crippen molar-refractivity contribution in [1.82, 2.24) is 4.98 Å². The number of carbonyl (C=O) groups is 1. The van der Waals surface area contributed by atoms with Crippen LogP contribution in [0.4, 0.5) is 24.5 Å². The van der Waals surface area contributed by atoms with Gasteiger partial charge in [0, 0.05) is 12.3 Å². The summed E-state index contributed by atoms with van der Waals surface area (Å²) in [5.41, 5.74) is 4.29. The van der Waals surface area contributed by atoms with E-state index in [-0.39, 0.29) is 16.9 Å². The second-order valence-corrected chi connectivity index (χ2v) is 3.66. The van der Waals surface area contributed by atoms with Crippen molar-refractivity contribution in [2.24, 2.45) is 0 Å². The van der Waals surface area contributed by atoms with Crippen LogP contribution in [0.5, 0.6) is 0 Å². The number of aromatic nitrogens is 1. The summed E-state index contributed by atoms with van der Waals surface area (Å²) >= 11 is 0. The van der Waals surface area contributed by atoms with E-state index in [0.717, 1.165) is 18.3 Å². The third kappa shape index (κ3) is 2.65. The highest BCUT2D eigenvalue weighted by molar-refractivity contribution is 6.04. The van der Waals surface area contributed by atoms with E-state index in [0.29, 0.717) is 6.07 Å². The normalized spacial score (nSPS) is 10.3. The molecule has 1 amide bonds. The minimum atomic E-state index is -1.01. The molecule has 4 nitrogen and oxygen atoms in total. The predicted octanol–water partition coefficient (Wildman–Crippen LogP) is 2.33. The standard InChI is InChI=1S/C12H8F3N3O/c13-7-3-8(14)11(4-10(7)16)18-12(19)6-1-2-17-5-9(6)15/h1-5H,16H2,(H,18,19). The fraction of sp³-hybridized carbons (Fsp3) is 0. The summed E-state index contributed by atoms with van der Waals surface area (Å²) in [5.74, 6) is -3.68. The van der Waals surface area contributed by atoms with Crippen LogP contribution in [0.2, 0.25) is 0 Å². The smallest absolute Gasteiger partial charge is 0.258 e. The molecule has 0 radical (unpaired) electrons. The summed E-state index contributed by atoms with van der Waals surface area (Å²) in [6.07, 6.45) is 2.07. The molecule has 2 aromatic rings. The van der Waals surface area contributed by atoms with Gasteiger partial charge in [-0.1, -0.05) is 0 Å². The number of amides is 1. The zero-order chi connectivity index (χ0) is 14.0. The molecule has 0 spiro atoms. The molecule has 1 aromatic carbocycles. The molecule has 0 aliphatic rings. The average Bonchev–Trinajstić information content (AvgIpc) is 2.36. The largest absolute Gasteiger partial charge is 0.396 e. The van der Waals surface area contributed by atoms with Crippen LogP contribution in [0.25, 0.3) is 0 Å². The zero-order valence-corrected chi connectivity index (χ0v) is 9.45. The summed E-state index contributed by atoms with van der Waals surface area (Å²) < 4.78 is 39.6. The van der Waals surface area contributed by atoms with E-state index >= 15 is 0 Å². The van der Waals surface area contributed by atoms with Crippen LogP contribution in [0.1, 0.15) is 10.4 Å². The molecule has 0 bridgehead atoms. The summed E-state index contributed by atoms with van der Waals surface area (Å²) in [5, 5.41) is 2.11. The molecular formula is C12H8F3N3O. The third-order valence-corrected chi connectivity index (χ3v) is 2.35. The number of nitrogen functional groups attached to an aromatic ring is 1. The van der Waals surface area contributed by atoms with Crippen molar-refractivity contribution in [2.45, 2.75) is 0 Å². The number of benzene rings is 1. The van der Waals surface area contributed by atoms with E-state index in [1.165, 1.54) is 6.20 Å². The third-order valence-electron chi connectivity index (χ3n) is 2.35. The molecule has 19 heavy (non-hydrogen) atoms. The van der Waals surface area contributed by atoms with Crippen LogP contribution in [0.3, 0.4) is 0 Å². The summed E-state index contributed by atoms with van der Waals surface area (Å²) in [7, 11) is 0. The quantitative estimate of drug-likeness (QED) is 0.820. The Kier molecular flexibility index (Phi) is 3.37. The van der Waals surface area contributed by atoms with Gasteiger partial charge >= 0.3 is 0 Å². The number of anilines is 2. The number of hydrogen-bond donors (Lipinski definition) is 2. The number of rotatable bonds is 2. The summed E-state index contributed by atoms with van der Waals surface area (Å²) in [4.78, 5) is 15.2. The maximum absolute atomic E-state index is 13.4. The van der Waals surface area contributed by atoms with Gasteiger partial charge in [-0.15, -0.1) is 0 Å². The fourth-order valence-corrected chi connectivity index (χ4v) is 1.41. The first-order valence-electron chi connectivity index (χ1n) is 5.14. The zero-order valence-electron chi connectivity index (χ0n) is 9.45. The highest BCUT2D eigenvalue weighted by Crippen LogP contribution is 2.21. The van der Waals surface area contributed by atoms with E-state index < -0.39 is 23.4 Å². The van der Waals surface area contributed by atoms with E-state index in [1.807, 2.05) is 0 Å². The van der Waals surface area contributed by atoms with Crippen molar-refractivity contribution in [2.75, 3.05) is 11.1 Å². The molecule has 0 aliphatic heterocycles. The first-order chi connectivity index (χ1) is 8.99. The van der Waals surface area contributed by atoms with Crippen molar-refractivity contribution < 1.29 is 18.0 Å². The van der Waals surface area contributed by atoms with Gasteiger partial charge in [0.25, 0.3) is 5.91 Å². The fourth-order valence-electron chi connectivity index (χ4n) is 1.41. The molecule has 1 aromatic heterocycles. The molecular weight excluding hydrogens is 259 g/mol. The maximum Gasteiger partial charge on any atom is 0.258 e. The van der Waals surface area contributed by atoms with Gasteiger partial charge in [-0.25, -0.2) is 13.2 Å². The van der Waals surface area contributed by atoms with Crippen LogP contribution >= 0.6 is 0 Å². The minimum absolute atomic E-state index is 0.308. The van der Waals surface area contributed by atoms with Crippen molar-refractivity contribution in [3.8, 4) is 0 Å². The van der Waals surface area contributed by atoms with E-state index in [2.05, 4.69) is 10.3 Å². The molecule has 0 unspecified atom stereocenters. The van der Waals surface area contributed by atoms with Crippen molar-refractivity contribution >= 4 is 17.3 Å². The van der Waals surface area contributed by atoms with Gasteiger partial charge in [0.1, 0.15) is 11.6 Å².